The van der Waals surface area contributed by atoms with Crippen molar-refractivity contribution in [1.29, 1.82) is 0 Å². The van der Waals surface area contributed by atoms with Gasteiger partial charge in [-0.3, -0.25) is 4.79 Å². The molecule has 2 rings (SSSR count). The minimum absolute atomic E-state index is 0.119. The zero-order valence-electron chi connectivity index (χ0n) is 14.6. The third-order valence-corrected chi connectivity index (χ3v) is 4.69. The Hall–Kier alpha value is -1.83. The molecule has 0 aromatic carbocycles. The van der Waals surface area contributed by atoms with Gasteiger partial charge in [-0.25, -0.2) is 4.68 Å². The number of carbonyl (C=O) groups excluding carboxylic acids is 1. The molecule has 1 aromatic rings. The summed E-state index contributed by atoms with van der Waals surface area (Å²) >= 11 is 5.97. The molecular formula is C17H20ClF4N3O. The molecule has 1 aliphatic carbocycles. The summed E-state index contributed by atoms with van der Waals surface area (Å²) in [5, 5.41) is 6.94. The van der Waals surface area contributed by atoms with Crippen LogP contribution in [0.25, 0.3) is 0 Å². The van der Waals surface area contributed by atoms with Gasteiger partial charge in [0.15, 0.2) is 0 Å². The number of aryl methyl sites for hydroxylation is 2. The first-order chi connectivity index (χ1) is 12.0. The van der Waals surface area contributed by atoms with Crippen molar-refractivity contribution in [3.8, 4) is 0 Å². The average Bonchev–Trinajstić information content (AvgIpc) is 2.78. The third kappa shape index (κ3) is 4.66. The summed E-state index contributed by atoms with van der Waals surface area (Å²) in [4.78, 5) is 12.4. The molecule has 4 nitrogen and oxygen atoms in total. The molecule has 0 fully saturated rings. The van der Waals surface area contributed by atoms with Crippen LogP contribution in [-0.4, -0.2) is 27.9 Å². The highest BCUT2D eigenvalue weighted by Crippen LogP contribution is 2.32. The number of halogens is 5. The molecule has 0 bridgehead atoms. The molecular weight excluding hydrogens is 374 g/mol. The van der Waals surface area contributed by atoms with E-state index in [4.69, 9.17) is 11.6 Å². The van der Waals surface area contributed by atoms with Crippen LogP contribution in [0.5, 0.6) is 0 Å². The van der Waals surface area contributed by atoms with Crippen LogP contribution in [-0.2, 0) is 7.05 Å². The quantitative estimate of drug-likeness (QED) is 0.754. The van der Waals surface area contributed by atoms with Crippen LogP contribution in [0, 0.1) is 18.8 Å². The Morgan fingerprint density at radius 1 is 1.50 bits per heavy atom. The van der Waals surface area contributed by atoms with E-state index >= 15 is 0 Å². The number of allylic oxidation sites excluding steroid dienone is 2. The smallest absolute Gasteiger partial charge is 0.345 e. The molecule has 26 heavy (non-hydrogen) atoms. The number of alkyl halides is 3. The predicted octanol–water partition coefficient (Wildman–Crippen LogP) is 4.40. The Bertz CT molecular complexity index is 752. The molecule has 0 radical (unpaired) electrons. The Morgan fingerprint density at radius 2 is 2.15 bits per heavy atom. The normalized spacial score (nSPS) is 19.0. The lowest BCUT2D eigenvalue weighted by molar-refractivity contribution is -0.170. The van der Waals surface area contributed by atoms with Gasteiger partial charge in [-0.15, -0.1) is 0 Å². The fourth-order valence-corrected chi connectivity index (χ4v) is 3.01. The van der Waals surface area contributed by atoms with Gasteiger partial charge in [-0.1, -0.05) is 24.6 Å². The fourth-order valence-electron chi connectivity index (χ4n) is 2.78. The van der Waals surface area contributed by atoms with E-state index in [0.717, 1.165) is 11.6 Å². The van der Waals surface area contributed by atoms with Gasteiger partial charge in [-0.05, 0) is 37.8 Å². The number of aromatic nitrogens is 2. The van der Waals surface area contributed by atoms with Gasteiger partial charge in [0.05, 0.1) is 17.7 Å². The maximum Gasteiger partial charge on any atom is 0.391 e. The molecule has 2 atom stereocenters. The van der Waals surface area contributed by atoms with Gasteiger partial charge in [0.25, 0.3) is 5.91 Å². The average molecular weight is 394 g/mol. The summed E-state index contributed by atoms with van der Waals surface area (Å²) in [6.45, 7) is 2.63. The zero-order valence-corrected chi connectivity index (χ0v) is 15.4. The van der Waals surface area contributed by atoms with Crippen molar-refractivity contribution in [2.75, 3.05) is 0 Å². The Balaban J connectivity index is 2.12. The standard InChI is InChI=1S/C17H20ClF4N3O/c1-9(17(20,21)22)4-5-11-8-12(18)6-7-13(11)23-16(26)14-10(2)24-25(3)15(14)19/h6,8-9,13H,4-5,7H2,1-3H3,(H,23,26). The highest BCUT2D eigenvalue weighted by Gasteiger charge is 2.36. The van der Waals surface area contributed by atoms with E-state index in [2.05, 4.69) is 10.4 Å². The first kappa shape index (κ1) is 20.5. The van der Waals surface area contributed by atoms with Gasteiger partial charge >= 0.3 is 6.18 Å². The molecule has 1 aliphatic rings. The number of carbonyl (C=O) groups is 1. The lowest BCUT2D eigenvalue weighted by Gasteiger charge is -2.25. The summed E-state index contributed by atoms with van der Waals surface area (Å²) in [7, 11) is 1.38. The highest BCUT2D eigenvalue weighted by molar-refractivity contribution is 6.31. The van der Waals surface area contributed by atoms with Crippen molar-refractivity contribution in [3.63, 3.8) is 0 Å². The molecule has 2 unspecified atom stereocenters. The van der Waals surface area contributed by atoms with Gasteiger partial charge in [0, 0.05) is 12.1 Å². The number of nitrogens with zero attached hydrogens (tertiary/aromatic N) is 2. The molecule has 144 valence electrons. The molecule has 0 spiro atoms. The van der Waals surface area contributed by atoms with Crippen LogP contribution in [0.1, 0.15) is 42.2 Å². The van der Waals surface area contributed by atoms with E-state index in [0.29, 0.717) is 17.0 Å². The topological polar surface area (TPSA) is 46.9 Å². The number of hydrogen-bond donors (Lipinski definition) is 1. The predicted molar refractivity (Wildman–Crippen MR) is 90.2 cm³/mol. The van der Waals surface area contributed by atoms with Crippen molar-refractivity contribution in [1.82, 2.24) is 15.1 Å². The number of amides is 1. The van der Waals surface area contributed by atoms with Crippen LogP contribution < -0.4 is 5.32 Å². The van der Waals surface area contributed by atoms with Crippen LogP contribution in [0.3, 0.4) is 0 Å². The monoisotopic (exact) mass is 393 g/mol. The van der Waals surface area contributed by atoms with Crippen LogP contribution in [0.4, 0.5) is 17.6 Å². The summed E-state index contributed by atoms with van der Waals surface area (Å²) in [5.41, 5.74) is 0.656. The summed E-state index contributed by atoms with van der Waals surface area (Å²) in [6.07, 6.45) is -0.709. The summed E-state index contributed by atoms with van der Waals surface area (Å²) in [6, 6.07) is -0.538. The second-order valence-electron chi connectivity index (χ2n) is 6.43. The minimum Gasteiger partial charge on any atom is -0.345 e. The summed E-state index contributed by atoms with van der Waals surface area (Å²) < 4.78 is 53.2. The SMILES string of the molecule is Cc1nn(C)c(F)c1C(=O)NC1CC=C(Cl)C=C1CCC(C)C(F)(F)F. The van der Waals surface area contributed by atoms with Gasteiger partial charge in [-0.2, -0.15) is 22.7 Å². The van der Waals surface area contributed by atoms with Crippen molar-refractivity contribution >= 4 is 17.5 Å². The largest absolute Gasteiger partial charge is 0.391 e. The van der Waals surface area contributed by atoms with E-state index in [1.54, 1.807) is 12.2 Å². The first-order valence-electron chi connectivity index (χ1n) is 8.13. The van der Waals surface area contributed by atoms with E-state index < -0.39 is 30.0 Å². The molecule has 1 N–H and O–H groups in total. The molecule has 0 saturated carbocycles. The van der Waals surface area contributed by atoms with Gasteiger partial charge in [0.2, 0.25) is 5.95 Å². The fraction of sp³-hybridized carbons (Fsp3) is 0.529. The van der Waals surface area contributed by atoms with Gasteiger partial charge in [0.1, 0.15) is 5.56 Å². The van der Waals surface area contributed by atoms with E-state index in [1.165, 1.54) is 14.0 Å². The lowest BCUT2D eigenvalue weighted by Crippen LogP contribution is -2.37. The van der Waals surface area contributed by atoms with Gasteiger partial charge < -0.3 is 5.32 Å². The number of rotatable bonds is 5. The van der Waals surface area contributed by atoms with Crippen molar-refractivity contribution in [2.45, 2.75) is 45.3 Å². The Kier molecular flexibility index (Phi) is 6.16. The van der Waals surface area contributed by atoms with Crippen molar-refractivity contribution in [3.05, 3.63) is 40.0 Å². The Morgan fingerprint density at radius 3 is 2.69 bits per heavy atom. The summed E-state index contributed by atoms with van der Waals surface area (Å²) in [5.74, 6) is -2.89. The van der Waals surface area contributed by atoms with Crippen LogP contribution in [0.15, 0.2) is 22.8 Å². The van der Waals surface area contributed by atoms with Crippen molar-refractivity contribution in [2.24, 2.45) is 13.0 Å². The van der Waals surface area contributed by atoms with E-state index in [9.17, 15) is 22.4 Å². The lowest BCUT2D eigenvalue weighted by atomic mass is 9.91. The first-order valence-corrected chi connectivity index (χ1v) is 8.51. The number of hydrogen-bond acceptors (Lipinski definition) is 2. The Labute approximate surface area is 153 Å². The second-order valence-corrected chi connectivity index (χ2v) is 6.86. The van der Waals surface area contributed by atoms with Crippen LogP contribution in [0.2, 0.25) is 0 Å². The molecule has 0 saturated heterocycles. The maximum absolute atomic E-state index is 14.0. The maximum atomic E-state index is 14.0. The van der Waals surface area contributed by atoms with Crippen LogP contribution >= 0.6 is 11.6 Å². The minimum atomic E-state index is -4.27. The highest BCUT2D eigenvalue weighted by atomic mass is 35.5. The molecule has 9 heteroatoms. The second kappa shape index (κ2) is 7.82. The number of nitrogens with one attached hydrogen (secondary N) is 1. The van der Waals surface area contributed by atoms with Crippen molar-refractivity contribution < 1.29 is 22.4 Å². The zero-order chi connectivity index (χ0) is 19.6. The molecule has 1 aromatic heterocycles. The van der Waals surface area contributed by atoms with E-state index in [1.807, 2.05) is 0 Å². The molecule has 1 heterocycles. The molecule has 0 aliphatic heterocycles. The third-order valence-electron chi connectivity index (χ3n) is 4.43. The molecule has 1 amide bonds. The van der Waals surface area contributed by atoms with E-state index in [-0.39, 0.29) is 24.1 Å².